The summed E-state index contributed by atoms with van der Waals surface area (Å²) in [6.07, 6.45) is -1.60. The van der Waals surface area contributed by atoms with Crippen LogP contribution in [0.1, 0.15) is 29.9 Å². The zero-order chi connectivity index (χ0) is 21.3. The molecule has 2 aromatic carbocycles. The van der Waals surface area contributed by atoms with E-state index in [1.54, 1.807) is 0 Å². The van der Waals surface area contributed by atoms with E-state index in [0.29, 0.717) is 0 Å². The Morgan fingerprint density at radius 3 is 2.07 bits per heavy atom. The maximum atomic E-state index is 12.5. The first-order valence-corrected chi connectivity index (χ1v) is 10.1. The number of alkyl carbamates (subject to hydrolysis) is 1. The Kier molecular flexibility index (Phi) is 5.39. The Morgan fingerprint density at radius 1 is 1.03 bits per heavy atom. The summed E-state index contributed by atoms with van der Waals surface area (Å²) < 4.78 is 5.50. The molecule has 1 saturated heterocycles. The number of likely N-dealkylation sites (tertiary alicyclic amines) is 1. The highest BCUT2D eigenvalue weighted by atomic mass is 35.5. The molecule has 0 bridgehead atoms. The Hall–Kier alpha value is -3.06. The van der Waals surface area contributed by atoms with Crippen LogP contribution in [0.5, 0.6) is 0 Å². The molecule has 0 radical (unpaired) electrons. The predicted octanol–water partition coefficient (Wildman–Crippen LogP) is 3.80. The maximum Gasteiger partial charge on any atom is 0.408 e. The number of ether oxygens (including phenoxy) is 1. The number of hydrogen-bond donors (Lipinski definition) is 2. The first kappa shape index (κ1) is 20.2. The van der Waals surface area contributed by atoms with E-state index >= 15 is 0 Å². The van der Waals surface area contributed by atoms with E-state index in [1.807, 2.05) is 48.5 Å². The summed E-state index contributed by atoms with van der Waals surface area (Å²) in [7, 11) is 0. The second kappa shape index (κ2) is 7.99. The highest BCUT2D eigenvalue weighted by Gasteiger charge is 2.43. The summed E-state index contributed by atoms with van der Waals surface area (Å²) >= 11 is 5.77. The molecule has 1 fully saturated rings. The van der Waals surface area contributed by atoms with Gasteiger partial charge in [-0.05, 0) is 46.7 Å². The number of carbonyl (C=O) groups excluding carboxylic acids is 2. The number of halogens is 1. The number of nitrogens with zero attached hydrogens (tertiary/aromatic N) is 1. The number of piperidine rings is 1. The largest absolute Gasteiger partial charge is 0.465 e. The molecule has 2 amide bonds. The number of amides is 2. The van der Waals surface area contributed by atoms with Crippen molar-refractivity contribution in [2.75, 3.05) is 19.7 Å². The Balaban J connectivity index is 1.45. The molecule has 156 valence electrons. The van der Waals surface area contributed by atoms with Crippen molar-refractivity contribution >= 4 is 29.0 Å². The average Bonchev–Trinajstić information content (AvgIpc) is 3.06. The van der Waals surface area contributed by atoms with E-state index in [1.165, 1.54) is 4.90 Å². The molecule has 8 heteroatoms. The van der Waals surface area contributed by atoms with Gasteiger partial charge in [0.2, 0.25) is 5.24 Å². The highest BCUT2D eigenvalue weighted by Crippen LogP contribution is 2.44. The van der Waals surface area contributed by atoms with Crippen LogP contribution in [-0.2, 0) is 9.53 Å². The molecule has 2 N–H and O–H groups in total. The Bertz CT molecular complexity index is 955. The lowest BCUT2D eigenvalue weighted by Crippen LogP contribution is -2.59. The minimum atomic E-state index is -1.32. The molecule has 0 atom stereocenters. The van der Waals surface area contributed by atoms with Gasteiger partial charge in [0.25, 0.3) is 0 Å². The van der Waals surface area contributed by atoms with Crippen molar-refractivity contribution in [1.29, 1.82) is 0 Å². The average molecular weight is 429 g/mol. The normalized spacial score (nSPS) is 17.0. The van der Waals surface area contributed by atoms with E-state index in [9.17, 15) is 14.4 Å². The van der Waals surface area contributed by atoms with E-state index < -0.39 is 23.0 Å². The summed E-state index contributed by atoms with van der Waals surface area (Å²) in [6, 6.07) is 16.0. The summed E-state index contributed by atoms with van der Waals surface area (Å²) in [5.74, 6) is -0.0975. The summed E-state index contributed by atoms with van der Waals surface area (Å²) in [6.45, 7) is 0.336. The molecule has 1 heterocycles. The molecule has 0 unspecified atom stereocenters. The lowest BCUT2D eigenvalue weighted by atomic mass is 9.89. The van der Waals surface area contributed by atoms with Crippen molar-refractivity contribution in [2.45, 2.75) is 24.3 Å². The molecule has 1 aliphatic carbocycles. The molecular weight excluding hydrogens is 408 g/mol. The zero-order valence-corrected chi connectivity index (χ0v) is 16.9. The monoisotopic (exact) mass is 428 g/mol. The van der Waals surface area contributed by atoms with Crippen molar-refractivity contribution in [3.8, 4) is 11.1 Å². The van der Waals surface area contributed by atoms with Crippen molar-refractivity contribution in [3.05, 3.63) is 59.7 Å². The number of nitrogens with one attached hydrogen (secondary N) is 1. The summed E-state index contributed by atoms with van der Waals surface area (Å²) in [5, 5.41) is 11.0. The van der Waals surface area contributed by atoms with Crippen LogP contribution in [0.15, 0.2) is 48.5 Å². The molecule has 2 aromatic rings. The van der Waals surface area contributed by atoms with Crippen LogP contribution in [0, 0.1) is 0 Å². The van der Waals surface area contributed by atoms with Crippen LogP contribution in [0.4, 0.5) is 9.59 Å². The van der Waals surface area contributed by atoms with Crippen molar-refractivity contribution in [3.63, 3.8) is 0 Å². The van der Waals surface area contributed by atoms with Crippen LogP contribution >= 0.6 is 11.6 Å². The molecule has 7 nitrogen and oxygen atoms in total. The Morgan fingerprint density at radius 2 is 1.57 bits per heavy atom. The zero-order valence-electron chi connectivity index (χ0n) is 16.1. The van der Waals surface area contributed by atoms with Gasteiger partial charge in [0, 0.05) is 19.0 Å². The second-order valence-electron chi connectivity index (χ2n) is 7.58. The first-order chi connectivity index (χ1) is 14.4. The van der Waals surface area contributed by atoms with E-state index in [2.05, 4.69) is 5.32 Å². The lowest BCUT2D eigenvalue weighted by Gasteiger charge is -2.38. The van der Waals surface area contributed by atoms with Gasteiger partial charge in [-0.25, -0.2) is 9.59 Å². The maximum absolute atomic E-state index is 12.5. The Labute approximate surface area is 178 Å². The molecule has 4 rings (SSSR count). The quantitative estimate of drug-likeness (QED) is 0.722. The first-order valence-electron chi connectivity index (χ1n) is 9.72. The van der Waals surface area contributed by atoms with E-state index in [4.69, 9.17) is 21.4 Å². The van der Waals surface area contributed by atoms with Crippen molar-refractivity contribution in [2.24, 2.45) is 0 Å². The topological polar surface area (TPSA) is 95.9 Å². The molecule has 2 aliphatic rings. The van der Waals surface area contributed by atoms with Gasteiger partial charge in [0.15, 0.2) is 0 Å². The van der Waals surface area contributed by atoms with E-state index in [-0.39, 0.29) is 38.5 Å². The fraction of sp³-hybridized carbons (Fsp3) is 0.318. The van der Waals surface area contributed by atoms with Crippen LogP contribution < -0.4 is 5.32 Å². The summed E-state index contributed by atoms with van der Waals surface area (Å²) in [5.41, 5.74) is 3.09. The fourth-order valence-corrected chi connectivity index (χ4v) is 4.52. The highest BCUT2D eigenvalue weighted by molar-refractivity contribution is 6.65. The number of carboxylic acid groups (broad SMARTS) is 1. The second-order valence-corrected chi connectivity index (χ2v) is 7.92. The standard InChI is InChI=1S/C22H21ClN2O5/c23-19(26)22(9-11-25(12-10-22)21(28)29)24-20(27)30-13-18-16-7-3-1-5-14(16)15-6-2-4-8-17(15)18/h1-8,18H,9-13H2,(H,24,27)(H,28,29). The number of fused-ring (bicyclic) bond motifs is 3. The van der Waals surface area contributed by atoms with Gasteiger partial charge in [-0.1, -0.05) is 48.5 Å². The summed E-state index contributed by atoms with van der Waals surface area (Å²) in [4.78, 5) is 36.9. The predicted molar refractivity (Wildman–Crippen MR) is 111 cm³/mol. The molecule has 0 spiro atoms. The van der Waals surface area contributed by atoms with Gasteiger partial charge >= 0.3 is 12.2 Å². The van der Waals surface area contributed by atoms with Gasteiger partial charge in [-0.3, -0.25) is 4.79 Å². The van der Waals surface area contributed by atoms with E-state index in [0.717, 1.165) is 22.3 Å². The fourth-order valence-electron chi connectivity index (χ4n) is 4.28. The molecular formula is C22H21ClN2O5. The van der Waals surface area contributed by atoms with Gasteiger partial charge < -0.3 is 20.1 Å². The minimum absolute atomic E-state index is 0.0975. The lowest BCUT2D eigenvalue weighted by molar-refractivity contribution is -0.119. The van der Waals surface area contributed by atoms with Crippen LogP contribution in [-0.4, -0.2) is 52.7 Å². The molecule has 30 heavy (non-hydrogen) atoms. The number of hydrogen-bond acceptors (Lipinski definition) is 4. The van der Waals surface area contributed by atoms with Crippen LogP contribution in [0.3, 0.4) is 0 Å². The van der Waals surface area contributed by atoms with Gasteiger partial charge in [-0.2, -0.15) is 0 Å². The number of carbonyl (C=O) groups is 3. The third kappa shape index (κ3) is 3.61. The van der Waals surface area contributed by atoms with Gasteiger partial charge in [0.1, 0.15) is 12.1 Å². The van der Waals surface area contributed by atoms with Gasteiger partial charge in [0.05, 0.1) is 0 Å². The molecule has 0 aromatic heterocycles. The van der Waals surface area contributed by atoms with Crippen LogP contribution in [0.2, 0.25) is 0 Å². The van der Waals surface area contributed by atoms with Crippen molar-refractivity contribution < 1.29 is 24.2 Å². The smallest absolute Gasteiger partial charge is 0.408 e. The third-order valence-electron chi connectivity index (χ3n) is 5.95. The van der Waals surface area contributed by atoms with Crippen molar-refractivity contribution in [1.82, 2.24) is 10.2 Å². The minimum Gasteiger partial charge on any atom is -0.465 e. The number of benzene rings is 2. The third-order valence-corrected chi connectivity index (χ3v) is 6.31. The van der Waals surface area contributed by atoms with Crippen LogP contribution in [0.25, 0.3) is 11.1 Å². The SMILES string of the molecule is O=C(NC1(C(=O)Cl)CCN(C(=O)O)CC1)OCC1c2ccccc2-c2ccccc21. The molecule has 0 saturated carbocycles. The van der Waals surface area contributed by atoms with Gasteiger partial charge in [-0.15, -0.1) is 0 Å². The molecule has 1 aliphatic heterocycles. The number of rotatable bonds is 4.